The van der Waals surface area contributed by atoms with Crippen molar-refractivity contribution >= 4 is 103 Å². The lowest BCUT2D eigenvalue weighted by Gasteiger charge is -2.19. The maximum absolute atomic E-state index is 14.2. The molecule has 0 spiro atoms. The van der Waals surface area contributed by atoms with Gasteiger partial charge in [0.2, 0.25) is 0 Å². The largest absolute Gasteiger partial charge is 0.513 e. The van der Waals surface area contributed by atoms with Crippen LogP contribution in [0.15, 0.2) is 156 Å². The zero-order valence-electron chi connectivity index (χ0n) is 49.2. The van der Waals surface area contributed by atoms with Crippen molar-refractivity contribution in [2.75, 3.05) is 40.4 Å². The summed E-state index contributed by atoms with van der Waals surface area (Å²) < 4.78 is 52.4. The van der Waals surface area contributed by atoms with E-state index in [4.69, 9.17) is 33.5 Å². The van der Waals surface area contributed by atoms with Crippen LogP contribution < -0.4 is 20.7 Å². The van der Waals surface area contributed by atoms with Gasteiger partial charge in [-0.3, -0.25) is 19.7 Å². The Hall–Kier alpha value is -8.31. The number of aromatic amines is 2. The molecule has 476 valence electrons. The maximum Gasteiger partial charge on any atom is 0.513 e. The molecule has 2 aliphatic heterocycles. The zero-order valence-corrected chi connectivity index (χ0v) is 53.4. The number of aromatic nitrogens is 4. The lowest BCUT2D eigenvalue weighted by molar-refractivity contribution is -0.384. The third-order valence-corrected chi connectivity index (χ3v) is 18.9. The third-order valence-electron chi connectivity index (χ3n) is 13.3. The molecule has 6 heterocycles. The summed E-state index contributed by atoms with van der Waals surface area (Å²) in [5, 5.41) is 22.9. The molecule has 2 aliphatic rings. The highest BCUT2D eigenvalue weighted by Gasteiger charge is 2.26. The first-order chi connectivity index (χ1) is 43.6. The molecule has 9 aromatic rings. The van der Waals surface area contributed by atoms with Gasteiger partial charge in [0.1, 0.15) is 40.6 Å². The van der Waals surface area contributed by atoms with Gasteiger partial charge in [0.25, 0.3) is 17.5 Å². The lowest BCUT2D eigenvalue weighted by Crippen LogP contribution is -2.28. The summed E-state index contributed by atoms with van der Waals surface area (Å²) in [4.78, 5) is 97.0. The molecule has 3 amide bonds. The molecule has 22 nitrogen and oxygen atoms in total. The Morgan fingerprint density at radius 1 is 0.703 bits per heavy atom. The highest BCUT2D eigenvalue weighted by molar-refractivity contribution is 8.77. The fraction of sp³-hybridized carbons (Fsp3) is 0.226. The summed E-state index contributed by atoms with van der Waals surface area (Å²) in [6.07, 6.45) is 3.60. The number of nitro benzene ring substituents is 1. The number of halogens is 2. The second kappa shape index (κ2) is 32.6. The predicted octanol–water partition coefficient (Wildman–Crippen LogP) is 12.4. The van der Waals surface area contributed by atoms with Crippen LogP contribution in [0.1, 0.15) is 56.8 Å². The number of benzene rings is 5. The van der Waals surface area contributed by atoms with Crippen molar-refractivity contribution < 1.29 is 66.3 Å². The molecule has 4 aromatic heterocycles. The number of nitro groups is 1. The van der Waals surface area contributed by atoms with Gasteiger partial charge in [0, 0.05) is 101 Å². The van der Waals surface area contributed by atoms with E-state index in [9.17, 15) is 38.1 Å². The minimum Gasteiger partial charge on any atom is -0.448 e. The number of nitrogens with zero attached hydrogens (tertiary/aromatic N) is 4. The summed E-state index contributed by atoms with van der Waals surface area (Å²) in [7, 11) is 5.19. The second-order valence-corrected chi connectivity index (χ2v) is 26.7. The van der Waals surface area contributed by atoms with Crippen LogP contribution in [-0.4, -0.2) is 119 Å². The number of amides is 3. The van der Waals surface area contributed by atoms with Crippen LogP contribution in [0.3, 0.4) is 0 Å². The van der Waals surface area contributed by atoms with Crippen LogP contribution >= 0.6 is 51.0 Å². The van der Waals surface area contributed by atoms with Crippen LogP contribution in [-0.2, 0) is 40.0 Å². The Balaban J connectivity index is 0.000000176. The van der Waals surface area contributed by atoms with Gasteiger partial charge in [-0.15, -0.1) is 0 Å². The topological polar surface area (TPSA) is 314 Å². The maximum atomic E-state index is 14.2. The van der Waals surface area contributed by atoms with E-state index in [2.05, 4.69) is 60.2 Å². The average molecular weight is 1340 g/mol. The van der Waals surface area contributed by atoms with Crippen LogP contribution in [0.2, 0.25) is 0 Å². The molecule has 11 rings (SSSR count). The summed E-state index contributed by atoms with van der Waals surface area (Å²) in [6.45, 7) is 6.65. The third kappa shape index (κ3) is 20.1. The number of nitrogens with one attached hydrogen (secondary N) is 5. The lowest BCUT2D eigenvalue weighted by atomic mass is 9.99. The number of ether oxygens (including phenoxy) is 3. The van der Waals surface area contributed by atoms with E-state index in [1.54, 1.807) is 45.9 Å². The highest BCUT2D eigenvalue weighted by Crippen LogP contribution is 2.38. The van der Waals surface area contributed by atoms with E-state index < -0.39 is 30.5 Å². The van der Waals surface area contributed by atoms with Gasteiger partial charge in [-0.1, -0.05) is 82.3 Å². The van der Waals surface area contributed by atoms with Crippen molar-refractivity contribution in [2.45, 2.75) is 60.3 Å². The van der Waals surface area contributed by atoms with Gasteiger partial charge in [0.05, 0.1) is 16.1 Å². The molecule has 29 heteroatoms. The quantitative estimate of drug-likeness (QED) is 0.00988. The fourth-order valence-corrected chi connectivity index (χ4v) is 13.1. The number of hydrogen-bond acceptors (Lipinski definition) is 17. The molecule has 0 unspecified atom stereocenters. The van der Waals surface area contributed by atoms with Crippen molar-refractivity contribution in [3.05, 3.63) is 201 Å². The molecule has 0 aliphatic carbocycles. The normalized spacial score (nSPS) is 13.0. The van der Waals surface area contributed by atoms with E-state index in [1.807, 2.05) is 81.6 Å². The predicted molar refractivity (Wildman–Crippen MR) is 349 cm³/mol. The Morgan fingerprint density at radius 2 is 1.16 bits per heavy atom. The minimum atomic E-state index is -4.64. The molecule has 5 aromatic carbocycles. The number of phosphoric acid groups is 1. The number of non-ortho nitro benzene ring substituents is 1. The first kappa shape index (κ1) is 68.6. The monoisotopic (exact) mass is 1340 g/mol. The van der Waals surface area contributed by atoms with E-state index >= 15 is 0 Å². The van der Waals surface area contributed by atoms with Crippen molar-refractivity contribution in [3.8, 4) is 28.3 Å². The van der Waals surface area contributed by atoms with E-state index in [0.717, 1.165) is 73.0 Å². The zero-order chi connectivity index (χ0) is 65.2. The number of H-pyrrole nitrogens is 2. The number of pyridine rings is 2. The SMILES string of the molecule is CNCc1ccc(-c2[nH]c3cc(F)cc4c3c2CCNC4=O)cc1.C[C@H](COC(=O)N(C)Cc1ccc(-c2[nH]c3cc(F)cc4c3c2CCNC4=O)cc1)SSc1ccccn1.C[C@H](COC(=O)Oc1ccc([N+](=O)[O-])cc1)SSc1ccccn1.O=P(O)(O)O. The molecule has 91 heavy (non-hydrogen) atoms. The Bertz CT molecular complexity index is 4030. The minimum absolute atomic E-state index is 0.0430. The number of hydrogen-bond donors (Lipinski definition) is 8. The first-order valence-corrected chi connectivity index (χ1v) is 33.9. The van der Waals surface area contributed by atoms with Gasteiger partial charge in [0.15, 0.2) is 0 Å². The molecule has 0 saturated heterocycles. The molecule has 2 atom stereocenters. The number of rotatable bonds is 18. The number of carbonyl (C=O) groups is 4. The van der Waals surface area contributed by atoms with Gasteiger partial charge < -0.3 is 59.7 Å². The van der Waals surface area contributed by atoms with E-state index in [-0.39, 0.29) is 46.5 Å². The molecule has 0 saturated carbocycles. The summed E-state index contributed by atoms with van der Waals surface area (Å²) in [6, 6.07) is 38.2. The van der Waals surface area contributed by atoms with Gasteiger partial charge in [-0.2, -0.15) is 0 Å². The summed E-state index contributed by atoms with van der Waals surface area (Å²) in [5.74, 6) is -1.14. The van der Waals surface area contributed by atoms with Gasteiger partial charge in [-0.05, 0) is 149 Å². The standard InChI is InChI=1S/C28H27FN4O3S2.C19H18FN3O.C15H14N2O5S2.H3O4P/c1-17(37-38-24-5-3-4-11-30-24)16-36-28(35)33(2)15-18-6-8-19(9-7-18)26-21-10-12-31-27(34)22-13-20(29)14-23(32-26)25(21)22;1-21-10-11-2-4-12(5-3-11)18-14-6-7-22-19(24)15-8-13(20)9-16(23-18)17(14)15;1-11(23-24-14-4-2-3-9-16-14)10-21-15(18)22-13-7-5-12(6-8-13)17(19)20;1-5(2,3)4/h3-9,11,13-14,17,32H,10,12,15-16H2,1-2H3,(H,31,34);2-5,8-9,21,23H,6-7,10H2,1H3,(H,22,24);2-9,11H,10H2,1H3;(H3,1,2,3,4)/t17-;;11-;/m1.1./s1. The molecular weight excluding hydrogens is 1280 g/mol. The van der Waals surface area contributed by atoms with Gasteiger partial charge in [-0.25, -0.2) is 32.9 Å². The molecule has 0 fully saturated rings. The molecule has 0 radical (unpaired) electrons. The van der Waals surface area contributed by atoms with E-state index in [1.165, 1.54) is 75.7 Å². The summed E-state index contributed by atoms with van der Waals surface area (Å²) in [5.41, 5.74) is 10.00. The second-order valence-electron chi connectivity index (χ2n) is 20.3. The van der Waals surface area contributed by atoms with Crippen molar-refractivity contribution in [3.63, 3.8) is 0 Å². The molecule has 8 N–H and O–H groups in total. The van der Waals surface area contributed by atoms with E-state index in [0.29, 0.717) is 54.8 Å². The average Bonchev–Trinajstić information content (AvgIpc) is 1.62. The van der Waals surface area contributed by atoms with Gasteiger partial charge >= 0.3 is 20.1 Å². The Kier molecular flexibility index (Phi) is 24.6. The Morgan fingerprint density at radius 3 is 1.60 bits per heavy atom. The Labute approximate surface area is 536 Å². The first-order valence-electron chi connectivity index (χ1n) is 27.9. The van der Waals surface area contributed by atoms with Crippen LogP contribution in [0.25, 0.3) is 44.3 Å². The van der Waals surface area contributed by atoms with Crippen LogP contribution in [0.5, 0.6) is 5.75 Å². The van der Waals surface area contributed by atoms with Crippen LogP contribution in [0, 0.1) is 21.7 Å². The summed E-state index contributed by atoms with van der Waals surface area (Å²) >= 11 is 0. The fourth-order valence-electron chi connectivity index (χ4n) is 9.34. The van der Waals surface area contributed by atoms with Crippen molar-refractivity contribution in [2.24, 2.45) is 0 Å². The molecular formula is C62H62F2N9O13PS4. The molecule has 0 bridgehead atoms. The highest BCUT2D eigenvalue weighted by atomic mass is 33.1. The van der Waals surface area contributed by atoms with Crippen molar-refractivity contribution in [1.29, 1.82) is 0 Å². The van der Waals surface area contributed by atoms with Crippen molar-refractivity contribution in [1.82, 2.24) is 40.8 Å². The number of carbonyl (C=O) groups excluding carboxylic acids is 4. The smallest absolute Gasteiger partial charge is 0.448 e. The van der Waals surface area contributed by atoms with Crippen LogP contribution in [0.4, 0.5) is 24.1 Å².